The molecule has 0 saturated heterocycles. The summed E-state index contributed by atoms with van der Waals surface area (Å²) in [4.78, 5) is 31.8. The maximum atomic E-state index is 14.3. The van der Waals surface area contributed by atoms with Crippen LogP contribution in [-0.2, 0) is 17.8 Å². The number of hydrogen-bond donors (Lipinski definition) is 1. The maximum absolute atomic E-state index is 14.3. The SMILES string of the molecule is CCCCc1cn(C2C(CC)CCCCCC2C(C)=O)c(=O)n1Cc1cnccc1-c1ccccc1-c1nn[nH]n1. The number of aryl methyl sites for hydroxylation is 1. The molecule has 1 saturated carbocycles. The Morgan fingerprint density at radius 3 is 2.59 bits per heavy atom. The number of ketones is 1. The number of pyridine rings is 1. The minimum Gasteiger partial charge on any atom is -0.300 e. The van der Waals surface area contributed by atoms with Crippen LogP contribution in [0.4, 0.5) is 0 Å². The number of carbonyl (C=O) groups is 1. The molecule has 0 amide bonds. The molecular formula is C32H41N7O2. The first-order chi connectivity index (χ1) is 20.0. The highest BCUT2D eigenvalue weighted by atomic mass is 16.2. The van der Waals surface area contributed by atoms with Gasteiger partial charge in [-0.2, -0.15) is 5.21 Å². The van der Waals surface area contributed by atoms with Crippen molar-refractivity contribution in [1.82, 2.24) is 34.7 Å². The lowest BCUT2D eigenvalue weighted by Crippen LogP contribution is -2.38. The molecule has 1 aliphatic carbocycles. The first-order valence-corrected chi connectivity index (χ1v) is 15.1. The van der Waals surface area contributed by atoms with Gasteiger partial charge in [0, 0.05) is 35.8 Å². The molecule has 0 aliphatic heterocycles. The highest BCUT2D eigenvalue weighted by molar-refractivity contribution is 5.81. The van der Waals surface area contributed by atoms with Gasteiger partial charge in [0.05, 0.1) is 12.6 Å². The van der Waals surface area contributed by atoms with Crippen molar-refractivity contribution in [2.75, 3.05) is 0 Å². The Balaban J connectivity index is 1.60. The fourth-order valence-corrected chi connectivity index (χ4v) is 6.59. The number of tetrazole rings is 1. The van der Waals surface area contributed by atoms with E-state index >= 15 is 0 Å². The van der Waals surface area contributed by atoms with Gasteiger partial charge >= 0.3 is 5.69 Å². The number of hydrogen-bond acceptors (Lipinski definition) is 6. The fraction of sp³-hybridized carbons (Fsp3) is 0.500. The van der Waals surface area contributed by atoms with Crippen molar-refractivity contribution in [3.05, 3.63) is 70.7 Å². The molecule has 0 radical (unpaired) electrons. The predicted molar refractivity (Wildman–Crippen MR) is 159 cm³/mol. The van der Waals surface area contributed by atoms with Crippen molar-refractivity contribution in [3.63, 3.8) is 0 Å². The van der Waals surface area contributed by atoms with E-state index in [1.54, 1.807) is 13.1 Å². The molecule has 1 fully saturated rings. The van der Waals surface area contributed by atoms with E-state index in [4.69, 9.17) is 0 Å². The Morgan fingerprint density at radius 2 is 1.85 bits per heavy atom. The van der Waals surface area contributed by atoms with Crippen LogP contribution >= 0.6 is 0 Å². The average molecular weight is 556 g/mol. The fourth-order valence-electron chi connectivity index (χ4n) is 6.59. The van der Waals surface area contributed by atoms with Crippen molar-refractivity contribution < 1.29 is 4.79 Å². The number of nitrogens with one attached hydrogen (secondary N) is 1. The summed E-state index contributed by atoms with van der Waals surface area (Å²) in [5.41, 5.74) is 4.70. The summed E-state index contributed by atoms with van der Waals surface area (Å²) in [6.45, 7) is 6.46. The van der Waals surface area contributed by atoms with Crippen LogP contribution in [0.15, 0.2) is 53.7 Å². The molecule has 3 unspecified atom stereocenters. The van der Waals surface area contributed by atoms with Gasteiger partial charge in [0.25, 0.3) is 0 Å². The van der Waals surface area contributed by atoms with Crippen LogP contribution in [0, 0.1) is 11.8 Å². The first-order valence-electron chi connectivity index (χ1n) is 15.1. The molecule has 1 aliphatic rings. The molecule has 1 aromatic carbocycles. The molecule has 41 heavy (non-hydrogen) atoms. The highest BCUT2D eigenvalue weighted by Gasteiger charge is 2.35. The average Bonchev–Trinajstić information content (AvgIpc) is 3.61. The van der Waals surface area contributed by atoms with E-state index in [0.29, 0.717) is 18.3 Å². The Kier molecular flexibility index (Phi) is 9.21. The zero-order valence-electron chi connectivity index (χ0n) is 24.4. The molecule has 3 aromatic heterocycles. The Morgan fingerprint density at radius 1 is 1.05 bits per heavy atom. The first kappa shape index (κ1) is 28.6. The molecule has 4 aromatic rings. The van der Waals surface area contributed by atoms with Gasteiger partial charge in [-0.15, -0.1) is 10.2 Å². The zero-order chi connectivity index (χ0) is 28.8. The molecule has 0 spiro atoms. The van der Waals surface area contributed by atoms with E-state index in [9.17, 15) is 9.59 Å². The molecule has 3 atom stereocenters. The smallest absolute Gasteiger partial charge is 0.300 e. The van der Waals surface area contributed by atoms with Crippen LogP contribution in [0.5, 0.6) is 0 Å². The summed E-state index contributed by atoms with van der Waals surface area (Å²) in [5, 5.41) is 14.7. The van der Waals surface area contributed by atoms with Gasteiger partial charge in [-0.05, 0) is 66.5 Å². The summed E-state index contributed by atoms with van der Waals surface area (Å²) in [5.74, 6) is 0.870. The van der Waals surface area contributed by atoms with Gasteiger partial charge in [-0.25, -0.2) is 4.79 Å². The molecule has 0 bridgehead atoms. The third-order valence-corrected chi connectivity index (χ3v) is 8.76. The van der Waals surface area contributed by atoms with E-state index in [1.807, 2.05) is 45.7 Å². The van der Waals surface area contributed by atoms with Crippen molar-refractivity contribution in [1.29, 1.82) is 0 Å². The summed E-state index contributed by atoms with van der Waals surface area (Å²) < 4.78 is 3.84. The van der Waals surface area contributed by atoms with Gasteiger partial charge in [0.1, 0.15) is 5.78 Å². The van der Waals surface area contributed by atoms with Gasteiger partial charge in [0.2, 0.25) is 5.82 Å². The van der Waals surface area contributed by atoms with Gasteiger partial charge in [-0.1, -0.05) is 70.2 Å². The molecule has 1 N–H and O–H groups in total. The standard InChI is InChI=1S/C32H41N7O2/c1-4-6-13-25-21-39(30-23(5-2)12-8-7-9-14-26(30)22(3)40)32(41)38(25)20-24-19-33-18-17-27(24)28-15-10-11-16-29(28)31-34-36-37-35-31/h10-11,15-19,21,23,26,30H,4-9,12-14,20H2,1-3H3,(H,34,35,36,37). The second kappa shape index (κ2) is 13.2. The van der Waals surface area contributed by atoms with Crippen molar-refractivity contribution >= 4 is 5.78 Å². The minimum absolute atomic E-state index is 0.0346. The summed E-state index contributed by atoms with van der Waals surface area (Å²) >= 11 is 0. The number of nitrogens with zero attached hydrogens (tertiary/aromatic N) is 6. The minimum atomic E-state index is -0.136. The van der Waals surface area contributed by atoms with Crippen LogP contribution in [0.1, 0.15) is 89.4 Å². The highest BCUT2D eigenvalue weighted by Crippen LogP contribution is 2.38. The Hall–Kier alpha value is -3.88. The maximum Gasteiger partial charge on any atom is 0.328 e. The second-order valence-electron chi connectivity index (χ2n) is 11.3. The predicted octanol–water partition coefficient (Wildman–Crippen LogP) is 6.02. The van der Waals surface area contributed by atoms with Gasteiger partial charge in [0.15, 0.2) is 0 Å². The lowest BCUT2D eigenvalue weighted by atomic mass is 9.77. The van der Waals surface area contributed by atoms with Gasteiger partial charge in [-0.3, -0.25) is 18.9 Å². The summed E-state index contributed by atoms with van der Waals surface area (Å²) in [6.07, 6.45) is 14.7. The summed E-state index contributed by atoms with van der Waals surface area (Å²) in [7, 11) is 0. The largest absolute Gasteiger partial charge is 0.328 e. The van der Waals surface area contributed by atoms with Crippen LogP contribution in [0.25, 0.3) is 22.5 Å². The van der Waals surface area contributed by atoms with Gasteiger partial charge < -0.3 is 0 Å². The molecule has 9 heteroatoms. The quantitative estimate of drug-likeness (QED) is 0.256. The molecule has 216 valence electrons. The van der Waals surface area contributed by atoms with E-state index < -0.39 is 0 Å². The van der Waals surface area contributed by atoms with Crippen molar-refractivity contribution in [3.8, 4) is 22.5 Å². The number of aromatic nitrogens is 7. The van der Waals surface area contributed by atoms with Crippen LogP contribution in [0.2, 0.25) is 0 Å². The lowest BCUT2D eigenvalue weighted by Gasteiger charge is -2.34. The van der Waals surface area contributed by atoms with E-state index in [2.05, 4.69) is 45.7 Å². The zero-order valence-corrected chi connectivity index (χ0v) is 24.4. The number of H-pyrrole nitrogens is 1. The molecule has 5 rings (SSSR count). The Bertz CT molecular complexity index is 1500. The molecule has 3 heterocycles. The number of Topliss-reactive ketones (excluding diaryl/α,β-unsaturated/α-hetero) is 1. The third kappa shape index (κ3) is 6.09. The summed E-state index contributed by atoms with van der Waals surface area (Å²) in [6, 6.07) is 9.82. The monoisotopic (exact) mass is 555 g/mol. The number of aromatic amines is 1. The number of carbonyl (C=O) groups excluding carboxylic acids is 1. The number of unbranched alkanes of at least 4 members (excludes halogenated alkanes) is 1. The number of rotatable bonds is 10. The van der Waals surface area contributed by atoms with Crippen LogP contribution in [0.3, 0.4) is 0 Å². The Labute approximate surface area is 241 Å². The second-order valence-corrected chi connectivity index (χ2v) is 11.3. The van der Waals surface area contributed by atoms with Crippen LogP contribution in [-0.4, -0.2) is 40.5 Å². The van der Waals surface area contributed by atoms with Crippen LogP contribution < -0.4 is 5.69 Å². The third-order valence-electron chi connectivity index (χ3n) is 8.76. The normalized spacial score (nSPS) is 19.5. The van der Waals surface area contributed by atoms with Crippen molar-refractivity contribution in [2.24, 2.45) is 11.8 Å². The number of benzene rings is 1. The van der Waals surface area contributed by atoms with E-state index in [1.165, 1.54) is 0 Å². The van der Waals surface area contributed by atoms with Crippen molar-refractivity contribution in [2.45, 2.75) is 91.1 Å². The molecular weight excluding hydrogens is 514 g/mol. The lowest BCUT2D eigenvalue weighted by molar-refractivity contribution is -0.123. The number of imidazole rings is 1. The topological polar surface area (TPSA) is 111 Å². The molecule has 9 nitrogen and oxygen atoms in total. The van der Waals surface area contributed by atoms with E-state index in [0.717, 1.165) is 85.7 Å². The van der Waals surface area contributed by atoms with E-state index in [-0.39, 0.29) is 23.4 Å².